The molecule has 0 unspecified atom stereocenters. The fourth-order valence-electron chi connectivity index (χ4n) is 3.99. The molecule has 8 nitrogen and oxygen atoms in total. The first kappa shape index (κ1) is 17.5. The second-order valence-electron chi connectivity index (χ2n) is 8.40. The van der Waals surface area contributed by atoms with Gasteiger partial charge in [0.05, 0.1) is 0 Å². The van der Waals surface area contributed by atoms with Crippen LogP contribution in [0.4, 0.5) is 11.6 Å². The monoisotopic (exact) mass is 382 g/mol. The average molecular weight is 382 g/mol. The Balaban J connectivity index is 1.35. The Kier molecular flexibility index (Phi) is 4.03. The normalized spacial score (nSPS) is 21.9. The van der Waals surface area contributed by atoms with Crippen molar-refractivity contribution in [3.63, 3.8) is 0 Å². The van der Waals surface area contributed by atoms with Gasteiger partial charge in [0.2, 0.25) is 0 Å². The Morgan fingerprint density at radius 3 is 2.43 bits per heavy atom. The minimum Gasteiger partial charge on any atom is -0.365 e. The van der Waals surface area contributed by atoms with Crippen molar-refractivity contribution in [2.24, 2.45) is 14.1 Å². The Morgan fingerprint density at radius 2 is 1.71 bits per heavy atom. The van der Waals surface area contributed by atoms with Gasteiger partial charge in [-0.15, -0.1) is 0 Å². The summed E-state index contributed by atoms with van der Waals surface area (Å²) in [4.78, 5) is 35.9. The van der Waals surface area contributed by atoms with Crippen LogP contribution in [0.25, 0.3) is 0 Å². The van der Waals surface area contributed by atoms with Gasteiger partial charge in [0.25, 0.3) is 5.56 Å². The zero-order valence-electron chi connectivity index (χ0n) is 16.4. The standard InChI is InChI=1S/C20H26N6O2/c1-24-17(10-18(27)25(2)20(24)28)26-8-7-14(11-26)21-16-9-15(12-3-4-12)22-19(23-16)13-5-6-13/h9-10,12-14H,3-8,11H2,1-2H3,(H,21,22,23)/t14-/m0/s1. The summed E-state index contributed by atoms with van der Waals surface area (Å²) in [6, 6.07) is 3.89. The number of aromatic nitrogens is 4. The smallest absolute Gasteiger partial charge is 0.332 e. The molecule has 1 N–H and O–H groups in total. The van der Waals surface area contributed by atoms with Crippen molar-refractivity contribution in [1.82, 2.24) is 19.1 Å². The van der Waals surface area contributed by atoms with Gasteiger partial charge in [-0.1, -0.05) is 0 Å². The lowest BCUT2D eigenvalue weighted by atomic mass is 10.2. The van der Waals surface area contributed by atoms with Crippen molar-refractivity contribution in [1.29, 1.82) is 0 Å². The highest BCUT2D eigenvalue weighted by molar-refractivity contribution is 5.44. The molecule has 8 heteroatoms. The molecule has 0 radical (unpaired) electrons. The van der Waals surface area contributed by atoms with E-state index in [-0.39, 0.29) is 17.3 Å². The van der Waals surface area contributed by atoms with E-state index in [0.717, 1.165) is 35.7 Å². The number of nitrogens with zero attached hydrogens (tertiary/aromatic N) is 5. The molecule has 0 aromatic carbocycles. The van der Waals surface area contributed by atoms with Gasteiger partial charge in [-0.3, -0.25) is 13.9 Å². The van der Waals surface area contributed by atoms with Crippen LogP contribution in [0, 0.1) is 0 Å². The Labute approximate surface area is 163 Å². The molecule has 1 saturated heterocycles. The minimum absolute atomic E-state index is 0.230. The molecule has 148 valence electrons. The van der Waals surface area contributed by atoms with Gasteiger partial charge in [0.1, 0.15) is 17.5 Å². The van der Waals surface area contributed by atoms with Crippen molar-refractivity contribution >= 4 is 11.6 Å². The van der Waals surface area contributed by atoms with Gasteiger partial charge in [-0.2, -0.15) is 0 Å². The molecule has 2 aromatic heterocycles. The molecule has 0 bridgehead atoms. The van der Waals surface area contributed by atoms with E-state index < -0.39 is 0 Å². The van der Waals surface area contributed by atoms with Crippen LogP contribution in [0.15, 0.2) is 21.7 Å². The lowest BCUT2D eigenvalue weighted by Crippen LogP contribution is -2.40. The number of hydrogen-bond donors (Lipinski definition) is 1. The molecular formula is C20H26N6O2. The molecule has 0 spiro atoms. The third kappa shape index (κ3) is 3.21. The molecule has 3 aliphatic rings. The lowest BCUT2D eigenvalue weighted by Gasteiger charge is -2.22. The predicted molar refractivity (Wildman–Crippen MR) is 107 cm³/mol. The SMILES string of the molecule is Cn1c(N2CC[C@H](Nc3cc(C4CC4)nc(C4CC4)n3)C2)cc(=O)n(C)c1=O. The van der Waals surface area contributed by atoms with Crippen LogP contribution in [-0.2, 0) is 14.1 Å². The van der Waals surface area contributed by atoms with Crippen molar-refractivity contribution in [2.45, 2.75) is 50.0 Å². The second-order valence-corrected chi connectivity index (χ2v) is 8.40. The Morgan fingerprint density at radius 1 is 0.964 bits per heavy atom. The highest BCUT2D eigenvalue weighted by Crippen LogP contribution is 2.43. The highest BCUT2D eigenvalue weighted by Gasteiger charge is 2.32. The topological polar surface area (TPSA) is 85.1 Å². The van der Waals surface area contributed by atoms with Gasteiger partial charge in [0.15, 0.2) is 0 Å². The maximum Gasteiger partial charge on any atom is 0.332 e. The first-order chi connectivity index (χ1) is 13.5. The van der Waals surface area contributed by atoms with Crippen LogP contribution in [0.5, 0.6) is 0 Å². The molecule has 2 aliphatic carbocycles. The summed E-state index contributed by atoms with van der Waals surface area (Å²) in [5.74, 6) is 3.74. The summed E-state index contributed by atoms with van der Waals surface area (Å²) in [7, 11) is 3.22. The van der Waals surface area contributed by atoms with E-state index in [0.29, 0.717) is 17.7 Å². The third-order valence-corrected chi connectivity index (χ3v) is 6.07. The van der Waals surface area contributed by atoms with E-state index in [9.17, 15) is 9.59 Å². The van der Waals surface area contributed by atoms with Crippen LogP contribution in [0.3, 0.4) is 0 Å². The average Bonchev–Trinajstić information content (AvgIpc) is 3.60. The van der Waals surface area contributed by atoms with Crippen LogP contribution < -0.4 is 21.5 Å². The van der Waals surface area contributed by atoms with E-state index in [4.69, 9.17) is 9.97 Å². The van der Waals surface area contributed by atoms with Crippen LogP contribution in [0.1, 0.15) is 55.5 Å². The number of rotatable bonds is 5. The largest absolute Gasteiger partial charge is 0.365 e. The van der Waals surface area contributed by atoms with Crippen LogP contribution in [-0.4, -0.2) is 38.2 Å². The summed E-state index contributed by atoms with van der Waals surface area (Å²) >= 11 is 0. The van der Waals surface area contributed by atoms with E-state index in [1.54, 1.807) is 17.7 Å². The van der Waals surface area contributed by atoms with Gasteiger partial charge in [0, 0.05) is 62.9 Å². The molecule has 0 amide bonds. The first-order valence-corrected chi connectivity index (χ1v) is 10.2. The van der Waals surface area contributed by atoms with Crippen molar-refractivity contribution in [3.05, 3.63) is 44.5 Å². The molecule has 3 fully saturated rings. The maximum atomic E-state index is 12.2. The van der Waals surface area contributed by atoms with Crippen molar-refractivity contribution in [3.8, 4) is 0 Å². The Hall–Kier alpha value is -2.64. The van der Waals surface area contributed by atoms with Gasteiger partial charge >= 0.3 is 5.69 Å². The molecule has 2 aromatic rings. The zero-order chi connectivity index (χ0) is 19.4. The summed E-state index contributed by atoms with van der Waals surface area (Å²) in [6.45, 7) is 1.54. The Bertz CT molecular complexity index is 1000. The quantitative estimate of drug-likeness (QED) is 0.840. The molecule has 5 rings (SSSR count). The third-order valence-electron chi connectivity index (χ3n) is 6.07. The summed E-state index contributed by atoms with van der Waals surface area (Å²) in [6.07, 6.45) is 5.79. The lowest BCUT2D eigenvalue weighted by molar-refractivity contribution is 0.672. The van der Waals surface area contributed by atoms with Gasteiger partial charge < -0.3 is 10.2 Å². The van der Waals surface area contributed by atoms with Gasteiger partial charge in [-0.05, 0) is 32.1 Å². The number of hydrogen-bond acceptors (Lipinski definition) is 6. The van der Waals surface area contributed by atoms with E-state index in [2.05, 4.69) is 16.3 Å². The first-order valence-electron chi connectivity index (χ1n) is 10.2. The summed E-state index contributed by atoms with van der Waals surface area (Å²) in [5.41, 5.74) is 0.620. The molecule has 3 heterocycles. The number of anilines is 2. The fraction of sp³-hybridized carbons (Fsp3) is 0.600. The molecular weight excluding hydrogens is 356 g/mol. The van der Waals surface area contributed by atoms with E-state index in [1.165, 1.54) is 38.4 Å². The molecule has 28 heavy (non-hydrogen) atoms. The van der Waals surface area contributed by atoms with Crippen molar-refractivity contribution in [2.75, 3.05) is 23.3 Å². The van der Waals surface area contributed by atoms with Gasteiger partial charge in [-0.25, -0.2) is 14.8 Å². The van der Waals surface area contributed by atoms with E-state index >= 15 is 0 Å². The van der Waals surface area contributed by atoms with E-state index in [1.807, 2.05) is 0 Å². The predicted octanol–water partition coefficient (Wildman–Crippen LogP) is 1.32. The minimum atomic E-state index is -0.294. The van der Waals surface area contributed by atoms with Crippen LogP contribution >= 0.6 is 0 Å². The second kappa shape index (κ2) is 6.46. The molecule has 1 aliphatic heterocycles. The molecule has 2 saturated carbocycles. The van der Waals surface area contributed by atoms with Crippen molar-refractivity contribution < 1.29 is 0 Å². The summed E-state index contributed by atoms with van der Waals surface area (Å²) < 4.78 is 2.68. The van der Waals surface area contributed by atoms with Crippen LogP contribution in [0.2, 0.25) is 0 Å². The zero-order valence-corrected chi connectivity index (χ0v) is 16.4. The summed E-state index contributed by atoms with van der Waals surface area (Å²) in [5, 5.41) is 3.58. The highest BCUT2D eigenvalue weighted by atomic mass is 16.2. The fourth-order valence-corrected chi connectivity index (χ4v) is 3.99. The molecule has 1 atom stereocenters. The number of nitrogens with one attached hydrogen (secondary N) is 1. The maximum absolute atomic E-state index is 12.2.